The summed E-state index contributed by atoms with van der Waals surface area (Å²) in [7, 11) is 9.81. The quantitative estimate of drug-likeness (QED) is 0.662. The molecule has 0 unspecified atom stereocenters. The molecule has 0 atom stereocenters. The van der Waals surface area contributed by atoms with Gasteiger partial charge < -0.3 is 18.1 Å². The van der Waals surface area contributed by atoms with Crippen LogP contribution < -0.4 is 0 Å². The van der Waals surface area contributed by atoms with Crippen LogP contribution in [0.15, 0.2) is 54.6 Å². The Morgan fingerprint density at radius 1 is 0.750 bits per heavy atom. The first-order chi connectivity index (χ1) is 7.77. The first-order valence-electron chi connectivity index (χ1n) is 4.87. The second-order valence-electron chi connectivity index (χ2n) is 3.16. The smallest absolute Gasteiger partial charge is 0.309 e. The SMILES string of the molecule is [CH2]c1ccc(-c2ccccc2)cc1.[Cl][Mg][Cl]. The summed E-state index contributed by atoms with van der Waals surface area (Å²) in [6, 6.07) is 18.6. The Bertz CT molecular complexity index is 398. The molecule has 1 radical (unpaired) electrons. The van der Waals surface area contributed by atoms with E-state index >= 15 is 0 Å². The highest BCUT2D eigenvalue weighted by Gasteiger charge is 1.93. The molecule has 0 spiro atoms. The van der Waals surface area contributed by atoms with Gasteiger partial charge in [0.25, 0.3) is 0 Å². The Morgan fingerprint density at radius 3 is 1.69 bits per heavy atom. The van der Waals surface area contributed by atoms with E-state index in [9.17, 15) is 0 Å². The average molecular weight is 262 g/mol. The summed E-state index contributed by atoms with van der Waals surface area (Å²) in [5.74, 6) is 0. The molecule has 16 heavy (non-hydrogen) atoms. The Labute approximate surface area is 114 Å². The van der Waals surface area contributed by atoms with Gasteiger partial charge in [-0.25, -0.2) is 0 Å². The van der Waals surface area contributed by atoms with Gasteiger partial charge in [0.2, 0.25) is 0 Å². The summed E-state index contributed by atoms with van der Waals surface area (Å²) in [5, 5.41) is 0. The van der Waals surface area contributed by atoms with Gasteiger partial charge in [0, 0.05) is 0 Å². The van der Waals surface area contributed by atoms with E-state index in [1.807, 2.05) is 30.3 Å². The van der Waals surface area contributed by atoms with Gasteiger partial charge in [-0.1, -0.05) is 54.6 Å². The highest BCUT2D eigenvalue weighted by Crippen LogP contribution is 2.18. The van der Waals surface area contributed by atoms with Crippen molar-refractivity contribution in [2.24, 2.45) is 0 Å². The molecule has 3 heteroatoms. The predicted octanol–water partition coefficient (Wildman–Crippen LogP) is 4.53. The average Bonchev–Trinajstić information content (AvgIpc) is 2.32. The molecule has 0 nitrogen and oxygen atoms in total. The van der Waals surface area contributed by atoms with Gasteiger partial charge in [-0.15, -0.1) is 0 Å². The van der Waals surface area contributed by atoms with Crippen LogP contribution in [0.4, 0.5) is 0 Å². The number of benzene rings is 2. The van der Waals surface area contributed by atoms with E-state index in [0.29, 0.717) is 0 Å². The van der Waals surface area contributed by atoms with Crippen molar-refractivity contribution in [3.05, 3.63) is 67.1 Å². The molecule has 0 heterocycles. The number of rotatable bonds is 1. The van der Waals surface area contributed by atoms with Crippen LogP contribution >= 0.6 is 18.1 Å². The molecule has 0 saturated heterocycles. The fourth-order valence-electron chi connectivity index (χ4n) is 1.33. The Morgan fingerprint density at radius 2 is 1.19 bits per heavy atom. The summed E-state index contributed by atoms with van der Waals surface area (Å²) in [6.45, 7) is 3.86. The molecule has 2 aromatic rings. The van der Waals surface area contributed by atoms with Crippen LogP contribution in [-0.4, -0.2) is 18.2 Å². The van der Waals surface area contributed by atoms with Crippen LogP contribution in [0.25, 0.3) is 11.1 Å². The normalized spacial score (nSPS) is 8.69. The zero-order valence-electron chi connectivity index (χ0n) is 8.87. The van der Waals surface area contributed by atoms with Crippen molar-refractivity contribution in [1.29, 1.82) is 0 Å². The third-order valence-corrected chi connectivity index (χ3v) is 2.06. The van der Waals surface area contributed by atoms with Crippen molar-refractivity contribution in [1.82, 2.24) is 0 Å². The highest BCUT2D eigenvalue weighted by molar-refractivity contribution is 7.22. The van der Waals surface area contributed by atoms with Crippen LogP contribution in [0.3, 0.4) is 0 Å². The standard InChI is InChI=1S/C13H11.2ClH.Mg/c1-11-7-9-13(10-8-11)12-5-3-2-4-6-12;;;/h2-10H,1H2;2*1H;/q;;;+2/p-2. The number of hydrogen-bond donors (Lipinski definition) is 0. The molecule has 0 saturated carbocycles. The molecular formula is C13H11Cl2Mg. The van der Waals surface area contributed by atoms with Crippen molar-refractivity contribution < 1.29 is 0 Å². The molecule has 0 N–H and O–H groups in total. The van der Waals surface area contributed by atoms with Gasteiger partial charge >= 0.3 is 18.2 Å². The number of hydrogen-bond acceptors (Lipinski definition) is 0. The summed E-state index contributed by atoms with van der Waals surface area (Å²) in [4.78, 5) is 0. The topological polar surface area (TPSA) is 0 Å². The van der Waals surface area contributed by atoms with Crippen LogP contribution in [0.5, 0.6) is 0 Å². The highest BCUT2D eigenvalue weighted by atomic mass is 35.6. The van der Waals surface area contributed by atoms with Crippen LogP contribution in [-0.2, 0) is 0 Å². The molecule has 0 fully saturated rings. The second-order valence-corrected chi connectivity index (χ2v) is 5.79. The summed E-state index contributed by atoms with van der Waals surface area (Å²) >= 11 is -0.639. The van der Waals surface area contributed by atoms with Crippen molar-refractivity contribution >= 4 is 36.3 Å². The Balaban J connectivity index is 0.000000386. The molecule has 0 aromatic heterocycles. The van der Waals surface area contributed by atoms with E-state index < -0.39 is 18.2 Å². The van der Waals surface area contributed by atoms with E-state index in [1.54, 1.807) is 0 Å². The minimum Gasteiger partial charge on any atom is -0.309 e. The first kappa shape index (κ1) is 13.8. The lowest BCUT2D eigenvalue weighted by molar-refractivity contribution is 1.58. The van der Waals surface area contributed by atoms with Crippen molar-refractivity contribution in [2.45, 2.75) is 0 Å². The van der Waals surface area contributed by atoms with E-state index in [0.717, 1.165) is 5.56 Å². The molecule has 0 aliphatic carbocycles. The van der Waals surface area contributed by atoms with Crippen molar-refractivity contribution in [3.8, 4) is 11.1 Å². The Hall–Kier alpha value is -0.214. The zero-order valence-corrected chi connectivity index (χ0v) is 11.8. The maximum absolute atomic E-state index is 4.90. The summed E-state index contributed by atoms with van der Waals surface area (Å²) < 4.78 is 0. The third kappa shape index (κ3) is 4.75. The van der Waals surface area contributed by atoms with Gasteiger partial charge in [-0.3, -0.25) is 0 Å². The zero-order chi connectivity index (χ0) is 11.8. The van der Waals surface area contributed by atoms with Crippen LogP contribution in [0, 0.1) is 6.92 Å². The predicted molar refractivity (Wildman–Crippen MR) is 73.8 cm³/mol. The second kappa shape index (κ2) is 7.96. The fraction of sp³-hybridized carbons (Fsp3) is 0. The molecule has 2 aromatic carbocycles. The molecule has 79 valence electrons. The molecular weight excluding hydrogens is 251 g/mol. The minimum atomic E-state index is -0.639. The van der Waals surface area contributed by atoms with Crippen molar-refractivity contribution in [2.75, 3.05) is 0 Å². The van der Waals surface area contributed by atoms with E-state index in [1.165, 1.54) is 11.1 Å². The maximum atomic E-state index is 4.90. The third-order valence-electron chi connectivity index (χ3n) is 2.06. The van der Waals surface area contributed by atoms with Crippen molar-refractivity contribution in [3.63, 3.8) is 0 Å². The van der Waals surface area contributed by atoms with Gasteiger partial charge in [-0.2, -0.15) is 0 Å². The number of halogens is 2. The molecule has 0 amide bonds. The summed E-state index contributed by atoms with van der Waals surface area (Å²) in [5.41, 5.74) is 3.55. The largest absolute Gasteiger partial charge is 0.618 e. The first-order valence-corrected chi connectivity index (χ1v) is 9.15. The van der Waals surface area contributed by atoms with E-state index in [-0.39, 0.29) is 0 Å². The van der Waals surface area contributed by atoms with Gasteiger partial charge in [0.1, 0.15) is 0 Å². The lowest BCUT2D eigenvalue weighted by atomic mass is 10.0. The molecule has 2 rings (SSSR count). The van der Waals surface area contributed by atoms with Crippen LogP contribution in [0.1, 0.15) is 5.56 Å². The van der Waals surface area contributed by atoms with Crippen LogP contribution in [0.2, 0.25) is 0 Å². The lowest BCUT2D eigenvalue weighted by Crippen LogP contribution is -1.76. The lowest BCUT2D eigenvalue weighted by Gasteiger charge is -2.00. The molecule has 0 aliphatic rings. The summed E-state index contributed by atoms with van der Waals surface area (Å²) in [6.07, 6.45) is 0. The minimum absolute atomic E-state index is 0.639. The van der Waals surface area contributed by atoms with E-state index in [4.69, 9.17) is 18.1 Å². The maximum Gasteiger partial charge on any atom is 0.618 e. The van der Waals surface area contributed by atoms with Gasteiger partial charge in [-0.05, 0) is 23.6 Å². The molecule has 0 bridgehead atoms. The monoisotopic (exact) mass is 261 g/mol. The van der Waals surface area contributed by atoms with Gasteiger partial charge in [0.15, 0.2) is 0 Å². The van der Waals surface area contributed by atoms with E-state index in [2.05, 4.69) is 31.2 Å². The fourth-order valence-corrected chi connectivity index (χ4v) is 1.33. The van der Waals surface area contributed by atoms with Gasteiger partial charge in [0.05, 0.1) is 0 Å². The molecule has 0 aliphatic heterocycles. The Kier molecular flexibility index (Phi) is 6.89.